The lowest BCUT2D eigenvalue weighted by molar-refractivity contribution is 0.477. The number of hydrogen-bond acceptors (Lipinski definition) is 3. The molecule has 0 saturated carbocycles. The second-order valence-corrected chi connectivity index (χ2v) is 9.71. The van der Waals surface area contributed by atoms with Crippen molar-refractivity contribution in [3.8, 4) is 27.4 Å². The van der Waals surface area contributed by atoms with Gasteiger partial charge in [0.1, 0.15) is 10.8 Å². The molecule has 0 aliphatic rings. The van der Waals surface area contributed by atoms with Crippen LogP contribution in [0.5, 0.6) is 5.75 Å². The molecule has 30 heavy (non-hydrogen) atoms. The van der Waals surface area contributed by atoms with Crippen molar-refractivity contribution in [2.24, 2.45) is 0 Å². The number of rotatable bonds is 2. The van der Waals surface area contributed by atoms with Gasteiger partial charge in [0.15, 0.2) is 0 Å². The summed E-state index contributed by atoms with van der Waals surface area (Å²) in [6, 6.07) is 26.9. The third kappa shape index (κ3) is 3.16. The summed E-state index contributed by atoms with van der Waals surface area (Å²) in [5.74, 6) is 0.263. The number of thiazole rings is 1. The van der Waals surface area contributed by atoms with Gasteiger partial charge >= 0.3 is 0 Å². The lowest BCUT2D eigenvalue weighted by Gasteiger charge is -2.20. The minimum Gasteiger partial charge on any atom is -0.507 e. The van der Waals surface area contributed by atoms with Crippen LogP contribution in [0.1, 0.15) is 26.3 Å². The molecule has 0 saturated heterocycles. The highest BCUT2D eigenvalue weighted by Crippen LogP contribution is 2.42. The Morgan fingerprint density at radius 1 is 0.767 bits per heavy atom. The zero-order valence-corrected chi connectivity index (χ0v) is 18.1. The molecule has 0 fully saturated rings. The Morgan fingerprint density at radius 2 is 1.47 bits per heavy atom. The SMILES string of the molecule is CC(C)(C)c1cc(-c2cccc3ccccc23)c2nc(-c3ccccc3O)sc2c1. The largest absolute Gasteiger partial charge is 0.507 e. The summed E-state index contributed by atoms with van der Waals surface area (Å²) in [5, 5.41) is 13.7. The van der Waals surface area contributed by atoms with Crippen LogP contribution < -0.4 is 0 Å². The number of phenolic OH excluding ortho intramolecular Hbond substituents is 1. The average Bonchev–Trinajstić information content (AvgIpc) is 3.16. The van der Waals surface area contributed by atoms with Crippen molar-refractivity contribution in [3.63, 3.8) is 0 Å². The molecular weight excluding hydrogens is 386 g/mol. The number of aromatic nitrogens is 1. The number of aromatic hydroxyl groups is 1. The van der Waals surface area contributed by atoms with Gasteiger partial charge < -0.3 is 5.11 Å². The van der Waals surface area contributed by atoms with Crippen LogP contribution in [-0.4, -0.2) is 10.1 Å². The molecule has 1 aromatic heterocycles. The zero-order valence-electron chi connectivity index (χ0n) is 17.3. The number of nitrogens with zero attached hydrogens (tertiary/aromatic N) is 1. The summed E-state index contributed by atoms with van der Waals surface area (Å²) < 4.78 is 1.14. The first-order valence-corrected chi connectivity index (χ1v) is 10.9. The summed E-state index contributed by atoms with van der Waals surface area (Å²) in [6.07, 6.45) is 0. The van der Waals surface area contributed by atoms with Crippen LogP contribution in [-0.2, 0) is 5.41 Å². The van der Waals surface area contributed by atoms with E-state index in [4.69, 9.17) is 4.98 Å². The third-order valence-electron chi connectivity index (χ3n) is 5.58. The fourth-order valence-electron chi connectivity index (χ4n) is 3.90. The average molecular weight is 410 g/mol. The Morgan fingerprint density at radius 3 is 2.27 bits per heavy atom. The van der Waals surface area contributed by atoms with Crippen LogP contribution in [0.15, 0.2) is 78.9 Å². The molecule has 5 rings (SSSR count). The van der Waals surface area contributed by atoms with E-state index in [9.17, 15) is 5.11 Å². The van der Waals surface area contributed by atoms with Crippen molar-refractivity contribution in [1.29, 1.82) is 0 Å². The van der Waals surface area contributed by atoms with E-state index in [1.54, 1.807) is 17.4 Å². The molecular formula is C27H23NOS. The van der Waals surface area contributed by atoms with E-state index in [0.717, 1.165) is 26.4 Å². The minimum absolute atomic E-state index is 0.0204. The van der Waals surface area contributed by atoms with E-state index >= 15 is 0 Å². The molecule has 4 aromatic carbocycles. The van der Waals surface area contributed by atoms with Crippen LogP contribution >= 0.6 is 11.3 Å². The predicted molar refractivity (Wildman–Crippen MR) is 128 cm³/mol. The Balaban J connectivity index is 1.85. The number of benzene rings is 4. The van der Waals surface area contributed by atoms with E-state index in [-0.39, 0.29) is 11.2 Å². The highest BCUT2D eigenvalue weighted by atomic mass is 32.1. The maximum atomic E-state index is 10.4. The number of hydrogen-bond donors (Lipinski definition) is 1. The lowest BCUT2D eigenvalue weighted by Crippen LogP contribution is -2.11. The minimum atomic E-state index is 0.0204. The van der Waals surface area contributed by atoms with E-state index in [0.29, 0.717) is 0 Å². The fraction of sp³-hybridized carbons (Fsp3) is 0.148. The molecule has 2 nitrogen and oxygen atoms in total. The smallest absolute Gasteiger partial charge is 0.128 e. The molecule has 0 aliphatic heterocycles. The first-order chi connectivity index (χ1) is 14.4. The van der Waals surface area contributed by atoms with Gasteiger partial charge in [0.25, 0.3) is 0 Å². The van der Waals surface area contributed by atoms with Gasteiger partial charge in [-0.25, -0.2) is 4.98 Å². The Kier molecular flexibility index (Phi) is 4.37. The van der Waals surface area contributed by atoms with Gasteiger partial charge in [0, 0.05) is 5.56 Å². The quantitative estimate of drug-likeness (QED) is 0.323. The van der Waals surface area contributed by atoms with Crippen LogP contribution in [0.3, 0.4) is 0 Å². The molecule has 0 unspecified atom stereocenters. The number of para-hydroxylation sites is 1. The molecule has 5 aromatic rings. The van der Waals surface area contributed by atoms with Crippen molar-refractivity contribution in [2.45, 2.75) is 26.2 Å². The molecule has 0 atom stereocenters. The maximum absolute atomic E-state index is 10.4. The maximum Gasteiger partial charge on any atom is 0.128 e. The van der Waals surface area contributed by atoms with Gasteiger partial charge in [-0.15, -0.1) is 11.3 Å². The molecule has 0 spiro atoms. The predicted octanol–water partition coefficient (Wildman–Crippen LogP) is 7.79. The van der Waals surface area contributed by atoms with Crippen molar-refractivity contribution in [3.05, 3.63) is 84.4 Å². The topological polar surface area (TPSA) is 33.1 Å². The molecule has 148 valence electrons. The third-order valence-corrected chi connectivity index (χ3v) is 6.61. The molecule has 1 heterocycles. The van der Waals surface area contributed by atoms with E-state index in [2.05, 4.69) is 75.4 Å². The van der Waals surface area contributed by atoms with Gasteiger partial charge in [-0.2, -0.15) is 0 Å². The summed E-state index contributed by atoms with van der Waals surface area (Å²) in [6.45, 7) is 6.73. The van der Waals surface area contributed by atoms with E-state index < -0.39 is 0 Å². The van der Waals surface area contributed by atoms with E-state index in [1.165, 1.54) is 21.9 Å². The van der Waals surface area contributed by atoms with Crippen molar-refractivity contribution in [1.82, 2.24) is 4.98 Å². The molecule has 0 aliphatic carbocycles. The Labute approximate surface area is 180 Å². The molecule has 3 heteroatoms. The van der Waals surface area contributed by atoms with Crippen LogP contribution in [0.25, 0.3) is 42.7 Å². The lowest BCUT2D eigenvalue weighted by atomic mass is 9.84. The fourth-order valence-corrected chi connectivity index (χ4v) is 4.96. The zero-order chi connectivity index (χ0) is 20.9. The summed E-state index contributed by atoms with van der Waals surface area (Å²) >= 11 is 1.64. The van der Waals surface area contributed by atoms with Gasteiger partial charge in [-0.05, 0) is 51.6 Å². The van der Waals surface area contributed by atoms with Gasteiger partial charge in [-0.3, -0.25) is 0 Å². The van der Waals surface area contributed by atoms with Crippen molar-refractivity contribution >= 4 is 32.3 Å². The van der Waals surface area contributed by atoms with Crippen molar-refractivity contribution < 1.29 is 5.11 Å². The van der Waals surface area contributed by atoms with Gasteiger partial charge in [-0.1, -0.05) is 75.4 Å². The normalized spacial score (nSPS) is 12.0. The van der Waals surface area contributed by atoms with Gasteiger partial charge in [0.2, 0.25) is 0 Å². The monoisotopic (exact) mass is 409 g/mol. The second-order valence-electron chi connectivity index (χ2n) is 8.68. The van der Waals surface area contributed by atoms with Gasteiger partial charge in [0.05, 0.1) is 15.8 Å². The highest BCUT2D eigenvalue weighted by molar-refractivity contribution is 7.21. The molecule has 0 radical (unpaired) electrons. The summed E-state index contributed by atoms with van der Waals surface area (Å²) in [5.41, 5.74) is 5.41. The Bertz CT molecular complexity index is 1390. The van der Waals surface area contributed by atoms with Crippen LogP contribution in [0.4, 0.5) is 0 Å². The molecule has 0 amide bonds. The molecule has 0 bridgehead atoms. The highest BCUT2D eigenvalue weighted by Gasteiger charge is 2.21. The standard InChI is InChI=1S/C27H23NOS/c1-27(2,3)18-15-22(20-13-8-10-17-9-4-5-11-19(17)20)25-24(16-18)30-26(28-25)21-12-6-7-14-23(21)29/h4-16,29H,1-3H3. The summed E-state index contributed by atoms with van der Waals surface area (Å²) in [4.78, 5) is 5.01. The summed E-state index contributed by atoms with van der Waals surface area (Å²) in [7, 11) is 0. The number of fused-ring (bicyclic) bond motifs is 2. The van der Waals surface area contributed by atoms with Crippen LogP contribution in [0, 0.1) is 0 Å². The first kappa shape index (κ1) is 18.8. The van der Waals surface area contributed by atoms with E-state index in [1.807, 2.05) is 18.2 Å². The Hall–Kier alpha value is -3.17. The second kappa shape index (κ2) is 6.96. The van der Waals surface area contributed by atoms with Crippen molar-refractivity contribution in [2.75, 3.05) is 0 Å². The number of phenols is 1. The van der Waals surface area contributed by atoms with Crippen LogP contribution in [0.2, 0.25) is 0 Å². The molecule has 1 N–H and O–H groups in total. The first-order valence-electron chi connectivity index (χ1n) is 10.1.